The first-order valence-electron chi connectivity index (χ1n) is 7.27. The molecule has 0 aliphatic rings. The third-order valence-corrected chi connectivity index (χ3v) is 4.98. The van der Waals surface area contributed by atoms with Gasteiger partial charge in [-0.15, -0.1) is 0 Å². The highest BCUT2D eigenvalue weighted by atomic mass is 31.2. The SMILES string of the molecule is COC(=O)COP(=O)(O)[C@@H](NC(=O)OCc1ccccc1)C(C)C. The maximum absolute atomic E-state index is 12.2. The third kappa shape index (κ3) is 6.70. The Balaban J connectivity index is 2.62. The molecule has 1 rings (SSSR count). The van der Waals surface area contributed by atoms with E-state index in [0.717, 1.165) is 12.7 Å². The normalized spacial score (nSPS) is 14.5. The molecular weight excluding hydrogens is 337 g/mol. The lowest BCUT2D eigenvalue weighted by Crippen LogP contribution is -2.39. The standard InChI is InChI=1S/C15H22NO7P/c1-11(2)14(24(19,20)23-10-13(17)21-3)16-15(18)22-9-12-7-5-4-6-8-12/h4-8,11,14H,9-10H2,1-3H3,(H,16,18)(H,19,20)/t14-/m1/s1. The second-order valence-corrected chi connectivity index (χ2v) is 7.25. The fourth-order valence-electron chi connectivity index (χ4n) is 1.79. The van der Waals surface area contributed by atoms with Crippen LogP contribution in [0.1, 0.15) is 19.4 Å². The zero-order chi connectivity index (χ0) is 18.2. The van der Waals surface area contributed by atoms with Crippen LogP contribution in [0.25, 0.3) is 0 Å². The zero-order valence-corrected chi connectivity index (χ0v) is 14.7. The molecule has 0 aliphatic carbocycles. The molecule has 1 aromatic carbocycles. The quantitative estimate of drug-likeness (QED) is 0.541. The summed E-state index contributed by atoms with van der Waals surface area (Å²) in [4.78, 5) is 32.9. The van der Waals surface area contributed by atoms with E-state index >= 15 is 0 Å². The number of esters is 1. The molecule has 0 aliphatic heterocycles. The summed E-state index contributed by atoms with van der Waals surface area (Å²) in [6.45, 7) is 2.60. The molecule has 0 aromatic heterocycles. The highest BCUT2D eigenvalue weighted by molar-refractivity contribution is 7.53. The van der Waals surface area contributed by atoms with Gasteiger partial charge in [-0.1, -0.05) is 44.2 Å². The van der Waals surface area contributed by atoms with E-state index in [-0.39, 0.29) is 6.61 Å². The van der Waals surface area contributed by atoms with Crippen LogP contribution in [0, 0.1) is 5.92 Å². The van der Waals surface area contributed by atoms with E-state index in [9.17, 15) is 19.0 Å². The van der Waals surface area contributed by atoms with Gasteiger partial charge in [-0.25, -0.2) is 9.59 Å². The van der Waals surface area contributed by atoms with Crippen LogP contribution in [0.5, 0.6) is 0 Å². The molecule has 0 radical (unpaired) electrons. The van der Waals surface area contributed by atoms with Crippen molar-refractivity contribution >= 4 is 19.7 Å². The van der Waals surface area contributed by atoms with E-state index in [0.29, 0.717) is 0 Å². The summed E-state index contributed by atoms with van der Waals surface area (Å²) in [7, 11) is -3.16. The monoisotopic (exact) mass is 359 g/mol. The summed E-state index contributed by atoms with van der Waals surface area (Å²) >= 11 is 0. The first-order chi connectivity index (χ1) is 11.3. The average Bonchev–Trinajstić information content (AvgIpc) is 2.56. The van der Waals surface area contributed by atoms with Crippen molar-refractivity contribution in [3.8, 4) is 0 Å². The first kappa shape index (κ1) is 20.2. The van der Waals surface area contributed by atoms with Crippen LogP contribution in [0.4, 0.5) is 4.79 Å². The molecule has 8 nitrogen and oxygen atoms in total. The Morgan fingerprint density at radius 1 is 1.25 bits per heavy atom. The van der Waals surface area contributed by atoms with Gasteiger partial charge in [-0.2, -0.15) is 0 Å². The van der Waals surface area contributed by atoms with Crippen LogP contribution in [-0.2, 0) is 30.0 Å². The Labute approximate surface area is 140 Å². The van der Waals surface area contributed by atoms with E-state index in [4.69, 9.17) is 9.26 Å². The van der Waals surface area contributed by atoms with E-state index in [1.807, 2.05) is 6.07 Å². The van der Waals surface area contributed by atoms with Crippen molar-refractivity contribution in [1.29, 1.82) is 0 Å². The highest BCUT2D eigenvalue weighted by Gasteiger charge is 2.37. The predicted molar refractivity (Wildman–Crippen MR) is 86.2 cm³/mol. The minimum Gasteiger partial charge on any atom is -0.467 e. The lowest BCUT2D eigenvalue weighted by atomic mass is 10.2. The number of nitrogens with one attached hydrogen (secondary N) is 1. The van der Waals surface area contributed by atoms with Gasteiger partial charge in [0.15, 0.2) is 6.61 Å². The van der Waals surface area contributed by atoms with Gasteiger partial charge < -0.3 is 19.7 Å². The van der Waals surface area contributed by atoms with Crippen molar-refractivity contribution in [2.24, 2.45) is 5.92 Å². The second-order valence-electron chi connectivity index (χ2n) is 5.31. The van der Waals surface area contributed by atoms with Gasteiger partial charge in [-0.05, 0) is 11.5 Å². The van der Waals surface area contributed by atoms with Gasteiger partial charge in [0.1, 0.15) is 12.4 Å². The van der Waals surface area contributed by atoms with Crippen LogP contribution in [0.2, 0.25) is 0 Å². The number of carbonyl (C=O) groups is 2. The van der Waals surface area contributed by atoms with E-state index in [2.05, 4.69) is 10.1 Å². The first-order valence-corrected chi connectivity index (χ1v) is 8.92. The molecule has 9 heteroatoms. The van der Waals surface area contributed by atoms with Gasteiger partial charge in [0.2, 0.25) is 0 Å². The van der Waals surface area contributed by atoms with E-state index in [1.165, 1.54) is 0 Å². The summed E-state index contributed by atoms with van der Waals surface area (Å²) in [5.41, 5.74) is 0.780. The second kappa shape index (κ2) is 9.42. The lowest BCUT2D eigenvalue weighted by molar-refractivity contribution is -0.143. The van der Waals surface area contributed by atoms with Crippen molar-refractivity contribution in [2.45, 2.75) is 26.2 Å². The number of amides is 1. The summed E-state index contributed by atoms with van der Waals surface area (Å²) in [5, 5.41) is 2.32. The van der Waals surface area contributed by atoms with Crippen molar-refractivity contribution in [2.75, 3.05) is 13.7 Å². The predicted octanol–water partition coefficient (Wildman–Crippen LogP) is 2.27. The van der Waals surface area contributed by atoms with Gasteiger partial charge in [0, 0.05) is 0 Å². The summed E-state index contributed by atoms with van der Waals surface area (Å²) in [5.74, 6) is -2.44. The number of rotatable bonds is 8. The molecule has 2 N–H and O–H groups in total. The van der Waals surface area contributed by atoms with Gasteiger partial charge in [0.25, 0.3) is 0 Å². The summed E-state index contributed by atoms with van der Waals surface area (Å²) in [6.07, 6.45) is -0.853. The fourth-order valence-corrected chi connectivity index (χ4v) is 3.27. The van der Waals surface area contributed by atoms with Gasteiger partial charge >= 0.3 is 19.7 Å². The molecule has 1 aromatic rings. The zero-order valence-electron chi connectivity index (χ0n) is 13.8. The Bertz CT molecular complexity index is 591. The molecular formula is C15H22NO7P. The topological polar surface area (TPSA) is 111 Å². The smallest absolute Gasteiger partial charge is 0.408 e. The Morgan fingerprint density at radius 3 is 2.42 bits per heavy atom. The van der Waals surface area contributed by atoms with Gasteiger partial charge in [0.05, 0.1) is 7.11 Å². The average molecular weight is 359 g/mol. The third-order valence-electron chi connectivity index (χ3n) is 3.06. The lowest BCUT2D eigenvalue weighted by Gasteiger charge is -2.26. The number of hydrogen-bond acceptors (Lipinski definition) is 6. The van der Waals surface area contributed by atoms with E-state index < -0.39 is 38.0 Å². The molecule has 0 spiro atoms. The number of carbonyl (C=O) groups excluding carboxylic acids is 2. The molecule has 0 heterocycles. The minimum absolute atomic E-state index is 0.0240. The van der Waals surface area contributed by atoms with Crippen molar-refractivity contribution in [3.63, 3.8) is 0 Å². The van der Waals surface area contributed by atoms with Crippen LogP contribution in [0.15, 0.2) is 30.3 Å². The highest BCUT2D eigenvalue weighted by Crippen LogP contribution is 2.49. The van der Waals surface area contributed by atoms with Crippen molar-refractivity contribution in [3.05, 3.63) is 35.9 Å². The molecule has 24 heavy (non-hydrogen) atoms. The number of hydrogen-bond donors (Lipinski definition) is 2. The van der Waals surface area contributed by atoms with Crippen molar-refractivity contribution in [1.82, 2.24) is 5.32 Å². The van der Waals surface area contributed by atoms with Crippen molar-refractivity contribution < 1.29 is 33.0 Å². The largest absolute Gasteiger partial charge is 0.467 e. The molecule has 0 fully saturated rings. The number of methoxy groups -OCH3 is 1. The molecule has 0 saturated carbocycles. The molecule has 134 valence electrons. The summed E-state index contributed by atoms with van der Waals surface area (Å²) < 4.78 is 26.3. The van der Waals surface area contributed by atoms with Crippen LogP contribution < -0.4 is 5.32 Å². The molecule has 0 saturated heterocycles. The maximum Gasteiger partial charge on any atom is 0.408 e. The summed E-state index contributed by atoms with van der Waals surface area (Å²) in [6, 6.07) is 9.00. The molecule has 0 bridgehead atoms. The number of ether oxygens (including phenoxy) is 2. The molecule has 2 atom stereocenters. The van der Waals surface area contributed by atoms with Crippen LogP contribution in [0.3, 0.4) is 0 Å². The van der Waals surface area contributed by atoms with Crippen LogP contribution in [-0.4, -0.2) is 36.5 Å². The molecule has 1 amide bonds. The maximum atomic E-state index is 12.2. The minimum atomic E-state index is -4.29. The Morgan fingerprint density at radius 2 is 1.88 bits per heavy atom. The van der Waals surface area contributed by atoms with Gasteiger partial charge in [-0.3, -0.25) is 9.09 Å². The fraction of sp³-hybridized carbons (Fsp3) is 0.467. The molecule has 1 unspecified atom stereocenters. The Kier molecular flexibility index (Phi) is 7.91. The Hall–Kier alpha value is -1.89. The number of alkyl carbamates (subject to hydrolysis) is 1. The van der Waals surface area contributed by atoms with Crippen LogP contribution >= 0.6 is 7.60 Å². The van der Waals surface area contributed by atoms with E-state index in [1.54, 1.807) is 38.1 Å². The number of benzene rings is 1.